The number of carbonyl (C=O) groups excluding carboxylic acids is 1. The van der Waals surface area contributed by atoms with Gasteiger partial charge < -0.3 is 5.32 Å². The monoisotopic (exact) mass is 552 g/mol. The maximum Gasteiger partial charge on any atom is 0.275 e. The largest absolute Gasteiger partial charge is 0.321 e. The number of sulfonamides is 1. The molecule has 0 atom stereocenters. The number of rotatable bonds is 9. The second-order valence-corrected chi connectivity index (χ2v) is 11.7. The Balaban J connectivity index is 1.42. The molecule has 4 aromatic rings. The van der Waals surface area contributed by atoms with Crippen LogP contribution in [0.3, 0.4) is 0 Å². The van der Waals surface area contributed by atoms with Crippen LogP contribution in [0.25, 0.3) is 0 Å². The van der Waals surface area contributed by atoms with Gasteiger partial charge in [-0.05, 0) is 42.3 Å². The molecule has 0 radical (unpaired) electrons. The molecular formula is C27H25ClN4O3S2. The molecule has 0 fully saturated rings. The van der Waals surface area contributed by atoms with E-state index >= 15 is 0 Å². The molecule has 0 saturated carbocycles. The average molecular weight is 553 g/mol. The number of aryl methyl sites for hydroxylation is 1. The molecular weight excluding hydrogens is 528 g/mol. The molecule has 0 aliphatic carbocycles. The number of carbonyl (C=O) groups is 1. The van der Waals surface area contributed by atoms with Gasteiger partial charge in [-0.1, -0.05) is 83.5 Å². The summed E-state index contributed by atoms with van der Waals surface area (Å²) < 4.78 is 27.2. The Labute approximate surface area is 226 Å². The molecule has 0 bridgehead atoms. The van der Waals surface area contributed by atoms with E-state index in [0.717, 1.165) is 16.7 Å². The fourth-order valence-corrected chi connectivity index (χ4v) is 5.63. The van der Waals surface area contributed by atoms with Gasteiger partial charge in [-0.15, -0.1) is 0 Å². The number of thioether (sulfide) groups is 1. The molecule has 0 aliphatic heterocycles. The summed E-state index contributed by atoms with van der Waals surface area (Å²) in [5.41, 5.74) is 3.63. The van der Waals surface area contributed by atoms with Gasteiger partial charge in [-0.25, -0.2) is 18.4 Å². The highest BCUT2D eigenvalue weighted by atomic mass is 35.5. The smallest absolute Gasteiger partial charge is 0.275 e. The average Bonchev–Trinajstić information content (AvgIpc) is 2.89. The second kappa shape index (κ2) is 11.9. The number of hydrogen-bond acceptors (Lipinski definition) is 6. The minimum absolute atomic E-state index is 0.0442. The van der Waals surface area contributed by atoms with Gasteiger partial charge in [0.25, 0.3) is 5.91 Å². The van der Waals surface area contributed by atoms with Crippen molar-refractivity contribution in [3.8, 4) is 0 Å². The number of benzene rings is 3. The van der Waals surface area contributed by atoms with Crippen LogP contribution in [0.15, 0.2) is 95.1 Å². The van der Waals surface area contributed by atoms with Gasteiger partial charge in [0.05, 0.1) is 16.1 Å². The molecule has 190 valence electrons. The van der Waals surface area contributed by atoms with Gasteiger partial charge in [0.2, 0.25) is 10.0 Å². The van der Waals surface area contributed by atoms with E-state index in [1.165, 1.54) is 53.6 Å². The minimum atomic E-state index is -3.70. The van der Waals surface area contributed by atoms with Crippen LogP contribution in [0.5, 0.6) is 0 Å². The highest BCUT2D eigenvalue weighted by Crippen LogP contribution is 2.24. The first-order valence-electron chi connectivity index (χ1n) is 11.3. The quantitative estimate of drug-likeness (QED) is 0.208. The van der Waals surface area contributed by atoms with Crippen LogP contribution in [0.4, 0.5) is 5.69 Å². The molecule has 0 saturated heterocycles. The lowest BCUT2D eigenvalue weighted by Crippen LogP contribution is -2.26. The zero-order valence-electron chi connectivity index (χ0n) is 20.3. The lowest BCUT2D eigenvalue weighted by molar-refractivity contribution is 0.102. The molecule has 7 nitrogen and oxygen atoms in total. The lowest BCUT2D eigenvalue weighted by Gasteiger charge is -2.17. The van der Waals surface area contributed by atoms with E-state index in [1.807, 2.05) is 55.5 Å². The predicted octanol–water partition coefficient (Wildman–Crippen LogP) is 5.80. The summed E-state index contributed by atoms with van der Waals surface area (Å²) in [7, 11) is -2.17. The predicted molar refractivity (Wildman–Crippen MR) is 147 cm³/mol. The van der Waals surface area contributed by atoms with Crippen molar-refractivity contribution in [2.45, 2.75) is 29.3 Å². The lowest BCUT2D eigenvalue weighted by atomic mass is 10.2. The van der Waals surface area contributed by atoms with Crippen LogP contribution in [0.2, 0.25) is 5.02 Å². The Morgan fingerprint density at radius 3 is 2.41 bits per heavy atom. The van der Waals surface area contributed by atoms with Crippen molar-refractivity contribution in [2.24, 2.45) is 0 Å². The standard InChI is InChI=1S/C27H25ClN4O3S2/c1-19-7-6-10-21(15-19)18-36-27-29-16-24(28)25(31-27)26(33)30-22-11-13-23(14-12-22)37(34,35)32(2)17-20-8-4-3-5-9-20/h3-16H,17-18H2,1-2H3,(H,30,33). The number of anilines is 1. The summed E-state index contributed by atoms with van der Waals surface area (Å²) >= 11 is 7.61. The number of amides is 1. The molecule has 3 aromatic carbocycles. The van der Waals surface area contributed by atoms with Crippen LogP contribution >= 0.6 is 23.4 Å². The number of nitrogens with one attached hydrogen (secondary N) is 1. The molecule has 1 N–H and O–H groups in total. The maximum absolute atomic E-state index is 13.0. The molecule has 0 unspecified atom stereocenters. The zero-order chi connectivity index (χ0) is 26.4. The highest BCUT2D eigenvalue weighted by molar-refractivity contribution is 7.98. The molecule has 1 heterocycles. The van der Waals surface area contributed by atoms with Crippen molar-refractivity contribution in [1.82, 2.24) is 14.3 Å². The van der Waals surface area contributed by atoms with Crippen LogP contribution in [-0.2, 0) is 22.3 Å². The molecule has 37 heavy (non-hydrogen) atoms. The van der Waals surface area contributed by atoms with Crippen LogP contribution in [-0.4, -0.2) is 35.6 Å². The van der Waals surface area contributed by atoms with Crippen molar-refractivity contribution in [3.05, 3.63) is 112 Å². The summed E-state index contributed by atoms with van der Waals surface area (Å²) in [4.78, 5) is 21.6. The van der Waals surface area contributed by atoms with E-state index in [4.69, 9.17) is 11.6 Å². The first-order chi connectivity index (χ1) is 17.7. The molecule has 1 amide bonds. The first kappa shape index (κ1) is 26.8. The van der Waals surface area contributed by atoms with Gasteiger partial charge in [0.1, 0.15) is 0 Å². The molecule has 1 aromatic heterocycles. The maximum atomic E-state index is 13.0. The summed E-state index contributed by atoms with van der Waals surface area (Å²) in [5.74, 6) is 0.139. The Morgan fingerprint density at radius 1 is 1.00 bits per heavy atom. The molecule has 4 rings (SSSR count). The summed E-state index contributed by atoms with van der Waals surface area (Å²) in [6.07, 6.45) is 1.40. The summed E-state index contributed by atoms with van der Waals surface area (Å²) in [6, 6.07) is 23.4. The molecule has 0 spiro atoms. The minimum Gasteiger partial charge on any atom is -0.321 e. The van der Waals surface area contributed by atoms with E-state index in [2.05, 4.69) is 21.4 Å². The third-order valence-corrected chi connectivity index (χ3v) is 8.48. The normalized spacial score (nSPS) is 11.5. The van der Waals surface area contributed by atoms with E-state index in [-0.39, 0.29) is 22.2 Å². The van der Waals surface area contributed by atoms with Gasteiger partial charge in [0, 0.05) is 25.0 Å². The fraction of sp³-hybridized carbons (Fsp3) is 0.148. The van der Waals surface area contributed by atoms with Crippen molar-refractivity contribution in [1.29, 1.82) is 0 Å². The fourth-order valence-electron chi connectivity index (χ4n) is 3.54. The molecule has 10 heteroatoms. The molecule has 0 aliphatic rings. The van der Waals surface area contributed by atoms with E-state index in [9.17, 15) is 13.2 Å². The Morgan fingerprint density at radius 2 is 1.70 bits per heavy atom. The van der Waals surface area contributed by atoms with Crippen LogP contribution in [0.1, 0.15) is 27.2 Å². The first-order valence-corrected chi connectivity index (χ1v) is 14.2. The number of halogens is 1. The third kappa shape index (κ3) is 6.95. The van der Waals surface area contributed by atoms with Crippen molar-refractivity contribution in [2.75, 3.05) is 12.4 Å². The van der Waals surface area contributed by atoms with Crippen molar-refractivity contribution >= 4 is 45.0 Å². The van der Waals surface area contributed by atoms with E-state index in [0.29, 0.717) is 16.6 Å². The Bertz CT molecular complexity index is 1500. The number of aromatic nitrogens is 2. The summed E-state index contributed by atoms with van der Waals surface area (Å²) in [5, 5.41) is 3.28. The topological polar surface area (TPSA) is 92.3 Å². The SMILES string of the molecule is Cc1cccc(CSc2ncc(Cl)c(C(=O)Nc3ccc(S(=O)(=O)N(C)Cc4ccccc4)cc3)n2)c1. The van der Waals surface area contributed by atoms with Crippen LogP contribution in [0, 0.1) is 6.92 Å². The second-order valence-electron chi connectivity index (χ2n) is 8.35. The van der Waals surface area contributed by atoms with Gasteiger partial charge in [0.15, 0.2) is 10.9 Å². The van der Waals surface area contributed by atoms with Crippen molar-refractivity contribution < 1.29 is 13.2 Å². The van der Waals surface area contributed by atoms with E-state index < -0.39 is 15.9 Å². The highest BCUT2D eigenvalue weighted by Gasteiger charge is 2.21. The zero-order valence-corrected chi connectivity index (χ0v) is 22.6. The summed E-state index contributed by atoms with van der Waals surface area (Å²) in [6.45, 7) is 2.28. The van der Waals surface area contributed by atoms with Crippen LogP contribution < -0.4 is 5.32 Å². The Hall–Kier alpha value is -3.24. The van der Waals surface area contributed by atoms with Gasteiger partial charge >= 0.3 is 0 Å². The number of hydrogen-bond donors (Lipinski definition) is 1. The van der Waals surface area contributed by atoms with Gasteiger partial charge in [-0.2, -0.15) is 4.31 Å². The Kier molecular flexibility index (Phi) is 8.60. The van der Waals surface area contributed by atoms with Gasteiger partial charge in [-0.3, -0.25) is 4.79 Å². The third-order valence-electron chi connectivity index (χ3n) is 5.46. The number of nitrogens with zero attached hydrogens (tertiary/aromatic N) is 3. The van der Waals surface area contributed by atoms with E-state index in [1.54, 1.807) is 0 Å². The van der Waals surface area contributed by atoms with Crippen molar-refractivity contribution in [3.63, 3.8) is 0 Å².